The van der Waals surface area contributed by atoms with Crippen molar-refractivity contribution in [2.75, 3.05) is 0 Å². The SMILES string of the molecule is [C-]#[N+]c1cc2nc(Br)n(CC3CCC(C)CC3)c2c(-c2cncc(Cl)c2)n1. The normalized spacial score (nSPS) is 19.9. The van der Waals surface area contributed by atoms with Crippen LogP contribution in [0.15, 0.2) is 29.3 Å². The summed E-state index contributed by atoms with van der Waals surface area (Å²) in [5, 5.41) is 0.544. The molecule has 0 radical (unpaired) electrons. The van der Waals surface area contributed by atoms with Crippen LogP contribution >= 0.6 is 27.5 Å². The maximum atomic E-state index is 7.38. The van der Waals surface area contributed by atoms with Crippen LogP contribution in [0, 0.1) is 18.4 Å². The lowest BCUT2D eigenvalue weighted by atomic mass is 9.83. The highest BCUT2D eigenvalue weighted by Crippen LogP contribution is 2.36. The van der Waals surface area contributed by atoms with E-state index in [4.69, 9.17) is 18.2 Å². The summed E-state index contributed by atoms with van der Waals surface area (Å²) < 4.78 is 2.96. The van der Waals surface area contributed by atoms with Gasteiger partial charge in [0.1, 0.15) is 5.52 Å². The lowest BCUT2D eigenvalue weighted by molar-refractivity contribution is 0.265. The molecule has 0 aliphatic heterocycles. The fraction of sp³-hybridized carbons (Fsp3) is 0.400. The second-order valence-corrected chi connectivity index (χ2v) is 8.46. The molecule has 0 amide bonds. The molecule has 0 unspecified atom stereocenters. The van der Waals surface area contributed by atoms with Crippen LogP contribution < -0.4 is 0 Å². The zero-order valence-corrected chi connectivity index (χ0v) is 17.3. The van der Waals surface area contributed by atoms with Crippen molar-refractivity contribution >= 4 is 44.4 Å². The third-order valence-corrected chi connectivity index (χ3v) is 6.15. The molecule has 0 N–H and O–H groups in total. The Labute approximate surface area is 171 Å². The van der Waals surface area contributed by atoms with Gasteiger partial charge in [-0.2, -0.15) is 0 Å². The van der Waals surface area contributed by atoms with E-state index in [0.717, 1.165) is 33.8 Å². The van der Waals surface area contributed by atoms with Crippen molar-refractivity contribution in [1.29, 1.82) is 0 Å². The fourth-order valence-corrected chi connectivity index (χ4v) is 4.54. The Hall–Kier alpha value is -1.97. The van der Waals surface area contributed by atoms with Crippen LogP contribution in [0.5, 0.6) is 0 Å². The quantitative estimate of drug-likeness (QED) is 0.446. The van der Waals surface area contributed by atoms with Crippen LogP contribution in [0.3, 0.4) is 0 Å². The first kappa shape index (κ1) is 18.4. The van der Waals surface area contributed by atoms with Crippen LogP contribution in [-0.2, 0) is 6.54 Å². The smallest absolute Gasteiger partial charge is 0.272 e. The van der Waals surface area contributed by atoms with E-state index in [1.54, 1.807) is 18.5 Å². The van der Waals surface area contributed by atoms with Gasteiger partial charge in [-0.05, 0) is 52.7 Å². The van der Waals surface area contributed by atoms with Crippen LogP contribution in [-0.4, -0.2) is 19.5 Å². The topological polar surface area (TPSA) is 48.0 Å². The summed E-state index contributed by atoms with van der Waals surface area (Å²) in [5.41, 5.74) is 3.19. The number of pyridine rings is 2. The van der Waals surface area contributed by atoms with Gasteiger partial charge in [0, 0.05) is 24.5 Å². The standard InChI is InChI=1S/C20H19BrClN5/c1-12-3-5-13(6-4-12)11-27-19-16(25-20(27)21)8-17(23-2)26-18(19)14-7-15(22)10-24-9-14/h7-10,12-13H,3-6,11H2,1H3. The van der Waals surface area contributed by atoms with Crippen molar-refractivity contribution in [1.82, 2.24) is 19.5 Å². The fourth-order valence-electron chi connectivity index (χ4n) is 3.85. The van der Waals surface area contributed by atoms with Gasteiger partial charge in [-0.25, -0.2) is 4.98 Å². The van der Waals surface area contributed by atoms with Crippen molar-refractivity contribution in [3.8, 4) is 11.3 Å². The van der Waals surface area contributed by atoms with Gasteiger partial charge in [0.05, 0.1) is 10.5 Å². The molecular formula is C20H19BrClN5. The van der Waals surface area contributed by atoms with Gasteiger partial charge in [0.15, 0.2) is 10.4 Å². The number of rotatable bonds is 3. The minimum Gasteiger partial charge on any atom is -0.361 e. The molecule has 138 valence electrons. The summed E-state index contributed by atoms with van der Waals surface area (Å²) in [6, 6.07) is 3.58. The maximum absolute atomic E-state index is 7.38. The number of hydrogen-bond donors (Lipinski definition) is 0. The maximum Gasteiger partial charge on any atom is 0.272 e. The van der Waals surface area contributed by atoms with E-state index >= 15 is 0 Å². The molecule has 0 spiro atoms. The largest absolute Gasteiger partial charge is 0.361 e. The van der Waals surface area contributed by atoms with E-state index in [9.17, 15) is 0 Å². The van der Waals surface area contributed by atoms with Crippen molar-refractivity contribution in [3.63, 3.8) is 0 Å². The van der Waals surface area contributed by atoms with Crippen LogP contribution in [0.4, 0.5) is 5.82 Å². The lowest BCUT2D eigenvalue weighted by Gasteiger charge is -2.26. The number of hydrogen-bond acceptors (Lipinski definition) is 3. The first-order valence-corrected chi connectivity index (χ1v) is 10.3. The third kappa shape index (κ3) is 3.71. The second kappa shape index (κ2) is 7.57. The molecule has 3 heterocycles. The van der Waals surface area contributed by atoms with Crippen molar-refractivity contribution in [2.24, 2.45) is 11.8 Å². The number of nitrogens with zero attached hydrogens (tertiary/aromatic N) is 5. The zero-order valence-electron chi connectivity index (χ0n) is 15.0. The Morgan fingerprint density at radius 1 is 1.22 bits per heavy atom. The van der Waals surface area contributed by atoms with Crippen molar-refractivity contribution in [2.45, 2.75) is 39.2 Å². The number of fused-ring (bicyclic) bond motifs is 1. The Balaban J connectivity index is 1.85. The van der Waals surface area contributed by atoms with E-state index in [2.05, 4.69) is 47.2 Å². The lowest BCUT2D eigenvalue weighted by Crippen LogP contribution is -2.18. The second-order valence-electron chi connectivity index (χ2n) is 7.32. The highest BCUT2D eigenvalue weighted by molar-refractivity contribution is 9.10. The Kier molecular flexibility index (Phi) is 5.16. The highest BCUT2D eigenvalue weighted by atomic mass is 79.9. The molecule has 7 heteroatoms. The first-order chi connectivity index (χ1) is 13.0. The predicted octanol–water partition coefficient (Wildman–Crippen LogP) is 6.29. The summed E-state index contributed by atoms with van der Waals surface area (Å²) >= 11 is 9.77. The summed E-state index contributed by atoms with van der Waals surface area (Å²) in [6.07, 6.45) is 8.34. The molecule has 5 nitrogen and oxygen atoms in total. The Bertz CT molecular complexity index is 1030. The van der Waals surface area contributed by atoms with Gasteiger partial charge < -0.3 is 9.41 Å². The summed E-state index contributed by atoms with van der Waals surface area (Å²) in [5.74, 6) is 1.77. The third-order valence-electron chi connectivity index (χ3n) is 5.33. The van der Waals surface area contributed by atoms with Gasteiger partial charge in [-0.15, -0.1) is 4.98 Å². The van der Waals surface area contributed by atoms with E-state index in [-0.39, 0.29) is 0 Å². The van der Waals surface area contributed by atoms with E-state index in [0.29, 0.717) is 22.5 Å². The summed E-state index contributed by atoms with van der Waals surface area (Å²) in [7, 11) is 0. The van der Waals surface area contributed by atoms with Gasteiger partial charge in [0.2, 0.25) is 0 Å². The molecule has 0 atom stereocenters. The molecule has 1 aliphatic rings. The Morgan fingerprint density at radius 3 is 2.70 bits per heavy atom. The molecule has 1 fully saturated rings. The number of imidazole rings is 1. The predicted molar refractivity (Wildman–Crippen MR) is 111 cm³/mol. The van der Waals surface area contributed by atoms with Gasteiger partial charge in [-0.3, -0.25) is 4.98 Å². The average molecular weight is 445 g/mol. The molecule has 4 rings (SSSR count). The van der Waals surface area contributed by atoms with E-state index in [1.165, 1.54) is 25.7 Å². The number of aromatic nitrogens is 4. The molecule has 0 bridgehead atoms. The van der Waals surface area contributed by atoms with Crippen molar-refractivity contribution < 1.29 is 0 Å². The molecular weight excluding hydrogens is 426 g/mol. The minimum atomic E-state index is 0.320. The molecule has 0 aromatic carbocycles. The first-order valence-electron chi connectivity index (χ1n) is 9.10. The van der Waals surface area contributed by atoms with Gasteiger partial charge in [0.25, 0.3) is 5.82 Å². The molecule has 1 saturated carbocycles. The highest BCUT2D eigenvalue weighted by Gasteiger charge is 2.24. The van der Waals surface area contributed by atoms with Gasteiger partial charge >= 0.3 is 0 Å². The molecule has 3 aromatic heterocycles. The van der Waals surface area contributed by atoms with Crippen LogP contribution in [0.2, 0.25) is 5.02 Å². The Morgan fingerprint density at radius 2 is 2.00 bits per heavy atom. The van der Waals surface area contributed by atoms with Crippen molar-refractivity contribution in [3.05, 3.63) is 45.7 Å². The van der Waals surface area contributed by atoms with Crippen LogP contribution in [0.1, 0.15) is 32.6 Å². The van der Waals surface area contributed by atoms with Gasteiger partial charge in [-0.1, -0.05) is 37.9 Å². The zero-order chi connectivity index (χ0) is 19.0. The molecule has 3 aromatic rings. The van der Waals surface area contributed by atoms with E-state index in [1.807, 2.05) is 6.07 Å². The average Bonchev–Trinajstić information content (AvgIpc) is 2.98. The molecule has 0 saturated heterocycles. The summed E-state index contributed by atoms with van der Waals surface area (Å²) in [6.45, 7) is 10.6. The molecule has 1 aliphatic carbocycles. The van der Waals surface area contributed by atoms with E-state index < -0.39 is 0 Å². The van der Waals surface area contributed by atoms with Crippen LogP contribution in [0.25, 0.3) is 27.1 Å². The molecule has 27 heavy (non-hydrogen) atoms. The monoisotopic (exact) mass is 443 g/mol. The minimum absolute atomic E-state index is 0.320. The number of halogens is 2. The summed E-state index contributed by atoms with van der Waals surface area (Å²) in [4.78, 5) is 16.9.